The molecule has 0 bridgehead atoms. The van der Waals surface area contributed by atoms with Crippen LogP contribution in [0.15, 0.2) is 42.6 Å². The molecule has 0 saturated heterocycles. The van der Waals surface area contributed by atoms with Gasteiger partial charge in [0.15, 0.2) is 0 Å². The number of nitrogens with one attached hydrogen (secondary N) is 1. The standard InChI is InChI=1S/C20H17FN4S/c1-11-8-9-22-16(10-11)25-19-18-17(14-4-6-15(21)7-5-14)12(2)26-20(18)24-13(3)23-19/h4-10H,1-3H3,(H,22,23,24,25). The van der Waals surface area contributed by atoms with Gasteiger partial charge in [-0.3, -0.25) is 0 Å². The van der Waals surface area contributed by atoms with Crippen LogP contribution in [0.25, 0.3) is 21.3 Å². The van der Waals surface area contributed by atoms with Crippen molar-refractivity contribution in [3.63, 3.8) is 0 Å². The maximum Gasteiger partial charge on any atom is 0.144 e. The van der Waals surface area contributed by atoms with Crippen molar-refractivity contribution in [1.82, 2.24) is 15.0 Å². The summed E-state index contributed by atoms with van der Waals surface area (Å²) in [6.45, 7) is 5.95. The van der Waals surface area contributed by atoms with E-state index in [1.165, 1.54) is 12.1 Å². The van der Waals surface area contributed by atoms with Crippen LogP contribution in [-0.2, 0) is 0 Å². The van der Waals surface area contributed by atoms with Gasteiger partial charge in [0.2, 0.25) is 0 Å². The number of halogens is 1. The Morgan fingerprint density at radius 3 is 2.50 bits per heavy atom. The second kappa shape index (κ2) is 6.46. The second-order valence-corrected chi connectivity index (χ2v) is 7.39. The normalized spacial score (nSPS) is 11.1. The summed E-state index contributed by atoms with van der Waals surface area (Å²) in [6, 6.07) is 10.5. The van der Waals surface area contributed by atoms with Crippen LogP contribution in [0.5, 0.6) is 0 Å². The number of aromatic nitrogens is 3. The van der Waals surface area contributed by atoms with Crippen molar-refractivity contribution < 1.29 is 4.39 Å². The number of hydrogen-bond donors (Lipinski definition) is 1. The van der Waals surface area contributed by atoms with Gasteiger partial charge in [0, 0.05) is 16.6 Å². The van der Waals surface area contributed by atoms with Crippen LogP contribution in [0.3, 0.4) is 0 Å². The first kappa shape index (κ1) is 16.6. The monoisotopic (exact) mass is 364 g/mol. The van der Waals surface area contributed by atoms with E-state index < -0.39 is 0 Å². The number of rotatable bonds is 3. The van der Waals surface area contributed by atoms with Gasteiger partial charge in [0.25, 0.3) is 0 Å². The molecule has 0 amide bonds. The minimum atomic E-state index is -0.250. The van der Waals surface area contributed by atoms with Gasteiger partial charge in [-0.2, -0.15) is 0 Å². The van der Waals surface area contributed by atoms with Crippen molar-refractivity contribution in [2.45, 2.75) is 20.8 Å². The number of anilines is 2. The lowest BCUT2D eigenvalue weighted by atomic mass is 10.0. The molecule has 130 valence electrons. The topological polar surface area (TPSA) is 50.7 Å². The minimum Gasteiger partial charge on any atom is -0.324 e. The molecule has 6 heteroatoms. The second-order valence-electron chi connectivity index (χ2n) is 6.18. The molecule has 4 nitrogen and oxygen atoms in total. The molecule has 4 aromatic rings. The van der Waals surface area contributed by atoms with Crippen molar-refractivity contribution in [3.05, 3.63) is 64.7 Å². The largest absolute Gasteiger partial charge is 0.324 e. The molecule has 3 heterocycles. The molecule has 26 heavy (non-hydrogen) atoms. The molecule has 3 aromatic heterocycles. The number of pyridine rings is 1. The Hall–Kier alpha value is -2.86. The Labute approximate surface area is 154 Å². The summed E-state index contributed by atoms with van der Waals surface area (Å²) in [4.78, 5) is 15.6. The summed E-state index contributed by atoms with van der Waals surface area (Å²) in [5.41, 5.74) is 3.09. The van der Waals surface area contributed by atoms with E-state index in [9.17, 15) is 4.39 Å². The zero-order valence-corrected chi connectivity index (χ0v) is 15.5. The van der Waals surface area contributed by atoms with Crippen LogP contribution >= 0.6 is 11.3 Å². The molecule has 0 aliphatic carbocycles. The van der Waals surface area contributed by atoms with Gasteiger partial charge in [0.1, 0.15) is 28.1 Å². The third-order valence-electron chi connectivity index (χ3n) is 4.13. The molecule has 1 aromatic carbocycles. The quantitative estimate of drug-likeness (QED) is 0.517. The van der Waals surface area contributed by atoms with Crippen molar-refractivity contribution in [2.24, 2.45) is 0 Å². The van der Waals surface area contributed by atoms with Crippen molar-refractivity contribution in [3.8, 4) is 11.1 Å². The fourth-order valence-corrected chi connectivity index (χ4v) is 4.09. The van der Waals surface area contributed by atoms with E-state index in [1.54, 1.807) is 29.7 Å². The minimum absolute atomic E-state index is 0.250. The van der Waals surface area contributed by atoms with E-state index in [0.717, 1.165) is 37.6 Å². The number of nitrogens with zero attached hydrogens (tertiary/aromatic N) is 3. The van der Waals surface area contributed by atoms with Crippen LogP contribution in [0.2, 0.25) is 0 Å². The van der Waals surface area contributed by atoms with Gasteiger partial charge in [0.05, 0.1) is 5.39 Å². The Morgan fingerprint density at radius 2 is 1.77 bits per heavy atom. The first-order valence-corrected chi connectivity index (χ1v) is 9.06. The number of hydrogen-bond acceptors (Lipinski definition) is 5. The SMILES string of the molecule is Cc1ccnc(Nc2nc(C)nc3sc(C)c(-c4ccc(F)cc4)c23)c1. The average molecular weight is 364 g/mol. The third kappa shape index (κ3) is 3.04. The maximum absolute atomic E-state index is 13.4. The molecule has 0 saturated carbocycles. The third-order valence-corrected chi connectivity index (χ3v) is 5.13. The highest BCUT2D eigenvalue weighted by Gasteiger charge is 2.18. The van der Waals surface area contributed by atoms with Gasteiger partial charge in [-0.15, -0.1) is 11.3 Å². The molecule has 0 aliphatic heterocycles. The Bertz CT molecular complexity index is 1100. The number of fused-ring (bicyclic) bond motifs is 1. The van der Waals surface area contributed by atoms with Crippen LogP contribution in [-0.4, -0.2) is 15.0 Å². The first-order chi connectivity index (χ1) is 12.5. The summed E-state index contributed by atoms with van der Waals surface area (Å²) >= 11 is 1.61. The first-order valence-electron chi connectivity index (χ1n) is 8.24. The Balaban J connectivity index is 1.93. The molecule has 0 radical (unpaired) electrons. The molecule has 0 aliphatic rings. The lowest BCUT2D eigenvalue weighted by Gasteiger charge is -2.10. The summed E-state index contributed by atoms with van der Waals surface area (Å²) in [5.74, 6) is 1.90. The summed E-state index contributed by atoms with van der Waals surface area (Å²) < 4.78 is 13.4. The van der Waals surface area contributed by atoms with Crippen LogP contribution in [0, 0.1) is 26.6 Å². The van der Waals surface area contributed by atoms with Crippen molar-refractivity contribution in [1.29, 1.82) is 0 Å². The highest BCUT2D eigenvalue weighted by molar-refractivity contribution is 7.19. The molecule has 0 spiro atoms. The fraction of sp³-hybridized carbons (Fsp3) is 0.150. The van der Waals surface area contributed by atoms with Crippen LogP contribution < -0.4 is 5.32 Å². The zero-order valence-electron chi connectivity index (χ0n) is 14.7. The molecular weight excluding hydrogens is 347 g/mol. The van der Waals surface area contributed by atoms with E-state index >= 15 is 0 Å². The number of benzene rings is 1. The van der Waals surface area contributed by atoms with Crippen LogP contribution in [0.4, 0.5) is 16.0 Å². The summed E-state index contributed by atoms with van der Waals surface area (Å²) in [7, 11) is 0. The van der Waals surface area contributed by atoms with Gasteiger partial charge >= 0.3 is 0 Å². The predicted octanol–water partition coefficient (Wildman–Crippen LogP) is 5.56. The van der Waals surface area contributed by atoms with E-state index in [2.05, 4.69) is 27.2 Å². The lowest BCUT2D eigenvalue weighted by molar-refractivity contribution is 0.628. The lowest BCUT2D eigenvalue weighted by Crippen LogP contribution is -2.00. The molecular formula is C20H17FN4S. The van der Waals surface area contributed by atoms with E-state index in [0.29, 0.717) is 11.6 Å². The number of aryl methyl sites for hydroxylation is 3. The average Bonchev–Trinajstić information content (AvgIpc) is 2.91. The summed E-state index contributed by atoms with van der Waals surface area (Å²) in [5, 5.41) is 4.27. The fourth-order valence-electron chi connectivity index (χ4n) is 3.00. The van der Waals surface area contributed by atoms with Gasteiger partial charge in [-0.05, 0) is 56.2 Å². The van der Waals surface area contributed by atoms with Crippen molar-refractivity contribution in [2.75, 3.05) is 5.32 Å². The molecule has 4 rings (SSSR count). The van der Waals surface area contributed by atoms with Gasteiger partial charge < -0.3 is 5.32 Å². The van der Waals surface area contributed by atoms with E-state index in [1.807, 2.05) is 26.0 Å². The smallest absolute Gasteiger partial charge is 0.144 e. The highest BCUT2D eigenvalue weighted by Crippen LogP contribution is 2.41. The molecule has 0 atom stereocenters. The molecule has 0 fully saturated rings. The van der Waals surface area contributed by atoms with Gasteiger partial charge in [-0.1, -0.05) is 12.1 Å². The van der Waals surface area contributed by atoms with E-state index in [-0.39, 0.29) is 5.82 Å². The highest BCUT2D eigenvalue weighted by atomic mass is 32.1. The van der Waals surface area contributed by atoms with Crippen LogP contribution in [0.1, 0.15) is 16.3 Å². The molecule has 0 unspecified atom stereocenters. The summed E-state index contributed by atoms with van der Waals surface area (Å²) in [6.07, 6.45) is 1.77. The van der Waals surface area contributed by atoms with E-state index in [4.69, 9.17) is 0 Å². The molecule has 1 N–H and O–H groups in total. The van der Waals surface area contributed by atoms with Gasteiger partial charge in [-0.25, -0.2) is 19.3 Å². The maximum atomic E-state index is 13.4. The zero-order chi connectivity index (χ0) is 18.3. The number of thiophene rings is 1. The predicted molar refractivity (Wildman–Crippen MR) is 105 cm³/mol. The Morgan fingerprint density at radius 1 is 1.00 bits per heavy atom. The Kier molecular flexibility index (Phi) is 4.12. The van der Waals surface area contributed by atoms with Crippen molar-refractivity contribution >= 4 is 33.2 Å².